The van der Waals surface area contributed by atoms with Crippen molar-refractivity contribution in [3.8, 4) is 0 Å². The second-order valence-electron chi connectivity index (χ2n) is 2.74. The summed E-state index contributed by atoms with van der Waals surface area (Å²) in [5.41, 5.74) is 0. The van der Waals surface area contributed by atoms with Gasteiger partial charge in [0.2, 0.25) is 0 Å². The molecule has 1 aromatic carbocycles. The van der Waals surface area contributed by atoms with Crippen molar-refractivity contribution in [1.82, 2.24) is 0 Å². The van der Waals surface area contributed by atoms with E-state index in [1.54, 1.807) is 11.8 Å². The zero-order chi connectivity index (χ0) is 15.0. The van der Waals surface area contributed by atoms with E-state index < -0.39 is 11.9 Å². The molecule has 104 valence electrons. The van der Waals surface area contributed by atoms with E-state index in [2.05, 4.69) is 34.7 Å². The van der Waals surface area contributed by atoms with Gasteiger partial charge in [-0.2, -0.15) is 11.8 Å². The maximum atomic E-state index is 9.00. The van der Waals surface area contributed by atoms with Crippen molar-refractivity contribution in [2.45, 2.75) is 13.8 Å². The molecule has 0 atom stereocenters. The van der Waals surface area contributed by atoms with Crippen LogP contribution in [0.4, 0.5) is 0 Å². The van der Waals surface area contributed by atoms with E-state index in [0.29, 0.717) is 0 Å². The Hall–Kier alpha value is -0.760. The van der Waals surface area contributed by atoms with Crippen molar-refractivity contribution in [3.05, 3.63) is 33.9 Å². The second kappa shape index (κ2) is 18.6. The number of benzene rings is 1. The van der Waals surface area contributed by atoms with Crippen LogP contribution < -0.4 is 0 Å². The highest BCUT2D eigenvalue weighted by Gasteiger charge is 1.74. The number of carbonyl (C=O) groups is 2. The van der Waals surface area contributed by atoms with Gasteiger partial charge in [0.15, 0.2) is 0 Å². The van der Waals surface area contributed by atoms with Crippen LogP contribution in [0.3, 0.4) is 0 Å². The summed E-state index contributed by atoms with van der Waals surface area (Å²) in [6.07, 6.45) is 4.08. The van der Waals surface area contributed by atoms with Crippen LogP contribution in [0.5, 0.6) is 0 Å². The van der Waals surface area contributed by atoms with Gasteiger partial charge < -0.3 is 10.2 Å². The Labute approximate surface area is 126 Å². The van der Waals surface area contributed by atoms with E-state index in [1.165, 1.54) is 3.57 Å². The molecule has 0 aliphatic heterocycles. The van der Waals surface area contributed by atoms with Crippen molar-refractivity contribution in [2.24, 2.45) is 0 Å². The highest BCUT2D eigenvalue weighted by Crippen LogP contribution is 1.99. The second-order valence-corrected chi connectivity index (χ2v) is 4.80. The van der Waals surface area contributed by atoms with Crippen molar-refractivity contribution < 1.29 is 19.8 Å². The third kappa shape index (κ3) is 59.0. The smallest absolute Gasteiger partial charge is 0.300 e. The van der Waals surface area contributed by atoms with Crippen LogP contribution in [0.25, 0.3) is 0 Å². The Morgan fingerprint density at radius 3 is 1.33 bits per heavy atom. The van der Waals surface area contributed by atoms with E-state index in [1.807, 2.05) is 30.7 Å². The van der Waals surface area contributed by atoms with Crippen LogP contribution in [-0.4, -0.2) is 34.7 Å². The summed E-state index contributed by atoms with van der Waals surface area (Å²) in [6, 6.07) is 10.2. The Bertz CT molecular complexity index is 284. The van der Waals surface area contributed by atoms with Gasteiger partial charge in [0.25, 0.3) is 11.9 Å². The summed E-state index contributed by atoms with van der Waals surface area (Å²) in [7, 11) is 0. The standard InChI is InChI=1S/C6H5I.2C2H4O2.C2H6S/c7-6-4-2-1-3-5-6;2*1-2(3)4;1-3-2/h1-5H;2*1H3,(H,3,4);1-2H3. The van der Waals surface area contributed by atoms with E-state index in [9.17, 15) is 0 Å². The van der Waals surface area contributed by atoms with Crippen molar-refractivity contribution in [3.63, 3.8) is 0 Å². The lowest BCUT2D eigenvalue weighted by Gasteiger charge is -1.80. The third-order valence-electron chi connectivity index (χ3n) is 0.733. The van der Waals surface area contributed by atoms with Gasteiger partial charge in [0, 0.05) is 17.4 Å². The molecule has 0 amide bonds. The summed E-state index contributed by atoms with van der Waals surface area (Å²) in [4.78, 5) is 18.0. The van der Waals surface area contributed by atoms with Crippen LogP contribution >= 0.6 is 34.4 Å². The van der Waals surface area contributed by atoms with Crippen molar-refractivity contribution in [1.29, 1.82) is 0 Å². The third-order valence-corrected chi connectivity index (χ3v) is 1.45. The largest absolute Gasteiger partial charge is 0.481 e. The average molecular weight is 386 g/mol. The first-order valence-electron chi connectivity index (χ1n) is 4.77. The zero-order valence-corrected chi connectivity index (χ0v) is 13.9. The average Bonchev–Trinajstić information content (AvgIpc) is 2.18. The number of hydrogen-bond acceptors (Lipinski definition) is 3. The molecule has 0 aromatic heterocycles. The molecular weight excluding hydrogens is 367 g/mol. The fraction of sp³-hybridized carbons (Fsp3) is 0.333. The quantitative estimate of drug-likeness (QED) is 0.668. The summed E-state index contributed by atoms with van der Waals surface area (Å²) >= 11 is 4.03. The Morgan fingerprint density at radius 1 is 1.00 bits per heavy atom. The number of hydrogen-bond donors (Lipinski definition) is 2. The van der Waals surface area contributed by atoms with Crippen molar-refractivity contribution in [2.75, 3.05) is 12.5 Å². The SMILES string of the molecule is CC(=O)O.CC(=O)O.CSC.Ic1ccccc1. The predicted octanol–water partition coefficient (Wildman–Crippen LogP) is 3.45. The fourth-order valence-corrected chi connectivity index (χ4v) is 0.830. The Kier molecular flexibility index (Phi) is 23.2. The van der Waals surface area contributed by atoms with Crippen LogP contribution in [0.15, 0.2) is 30.3 Å². The minimum Gasteiger partial charge on any atom is -0.481 e. The van der Waals surface area contributed by atoms with Crippen LogP contribution in [0.1, 0.15) is 13.8 Å². The molecule has 0 saturated carbocycles. The molecule has 0 aliphatic rings. The lowest BCUT2D eigenvalue weighted by Crippen LogP contribution is -1.78. The number of carboxylic acids is 2. The summed E-state index contributed by atoms with van der Waals surface area (Å²) in [5.74, 6) is -1.67. The molecule has 18 heavy (non-hydrogen) atoms. The topological polar surface area (TPSA) is 74.6 Å². The van der Waals surface area contributed by atoms with E-state index >= 15 is 0 Å². The maximum absolute atomic E-state index is 9.00. The molecule has 0 bridgehead atoms. The normalized spacial score (nSPS) is 7.17. The molecule has 0 aliphatic carbocycles. The highest BCUT2D eigenvalue weighted by molar-refractivity contribution is 14.1. The van der Waals surface area contributed by atoms with Crippen molar-refractivity contribution >= 4 is 46.3 Å². The van der Waals surface area contributed by atoms with E-state index in [0.717, 1.165) is 13.8 Å². The monoisotopic (exact) mass is 386 g/mol. The predicted molar refractivity (Wildman–Crippen MR) is 85.2 cm³/mol. The first-order chi connectivity index (χ1) is 8.27. The molecule has 0 fully saturated rings. The molecular formula is C12H19IO4S. The molecule has 0 spiro atoms. The number of halogens is 1. The molecule has 4 nitrogen and oxygen atoms in total. The molecule has 2 N–H and O–H groups in total. The molecule has 1 rings (SSSR count). The van der Waals surface area contributed by atoms with E-state index in [-0.39, 0.29) is 0 Å². The zero-order valence-electron chi connectivity index (χ0n) is 10.9. The summed E-state index contributed by atoms with van der Waals surface area (Å²) < 4.78 is 1.29. The van der Waals surface area contributed by atoms with Gasteiger partial charge in [-0.3, -0.25) is 9.59 Å². The molecule has 0 saturated heterocycles. The molecule has 0 unspecified atom stereocenters. The Balaban J connectivity index is -0.000000180. The number of thioether (sulfide) groups is 1. The fourth-order valence-electron chi connectivity index (χ4n) is 0.415. The van der Waals surface area contributed by atoms with Gasteiger partial charge in [-0.25, -0.2) is 0 Å². The van der Waals surface area contributed by atoms with Gasteiger partial charge in [-0.1, -0.05) is 18.2 Å². The van der Waals surface area contributed by atoms with Crippen LogP contribution in [-0.2, 0) is 9.59 Å². The molecule has 0 heterocycles. The van der Waals surface area contributed by atoms with Gasteiger partial charge in [0.05, 0.1) is 0 Å². The minimum atomic E-state index is -0.833. The lowest BCUT2D eigenvalue weighted by atomic mass is 10.4. The number of rotatable bonds is 0. The summed E-state index contributed by atoms with van der Waals surface area (Å²) in [6.45, 7) is 2.17. The van der Waals surface area contributed by atoms with Crippen LogP contribution in [0, 0.1) is 3.57 Å². The van der Waals surface area contributed by atoms with Gasteiger partial charge in [-0.05, 0) is 47.2 Å². The maximum Gasteiger partial charge on any atom is 0.300 e. The van der Waals surface area contributed by atoms with Crippen LogP contribution in [0.2, 0.25) is 0 Å². The lowest BCUT2D eigenvalue weighted by molar-refractivity contribution is -0.135. The number of carboxylic acid groups (broad SMARTS) is 2. The van der Waals surface area contributed by atoms with Gasteiger partial charge in [0.1, 0.15) is 0 Å². The van der Waals surface area contributed by atoms with E-state index in [4.69, 9.17) is 19.8 Å². The first kappa shape index (κ1) is 22.4. The molecule has 0 radical (unpaired) electrons. The summed E-state index contributed by atoms with van der Waals surface area (Å²) in [5, 5.41) is 14.8. The molecule has 1 aromatic rings. The minimum absolute atomic E-state index is 0.833. The Morgan fingerprint density at radius 2 is 1.22 bits per heavy atom. The van der Waals surface area contributed by atoms with Gasteiger partial charge in [-0.15, -0.1) is 0 Å². The first-order valence-corrected chi connectivity index (χ1v) is 7.48. The number of aliphatic carboxylic acids is 2. The molecule has 6 heteroatoms. The van der Waals surface area contributed by atoms with Gasteiger partial charge >= 0.3 is 0 Å². The highest BCUT2D eigenvalue weighted by atomic mass is 127.